The number of aromatic nitrogens is 4. The maximum Gasteiger partial charge on any atom is 0.233 e. The molecule has 0 N–H and O–H groups in total. The van der Waals surface area contributed by atoms with E-state index in [0.717, 1.165) is 22.6 Å². The van der Waals surface area contributed by atoms with E-state index in [1.54, 1.807) is 0 Å². The number of aryl methyl sites for hydroxylation is 2. The van der Waals surface area contributed by atoms with Crippen LogP contribution >= 0.6 is 0 Å². The Balaban J connectivity index is 2.65. The Morgan fingerprint density at radius 1 is 1.14 bits per heavy atom. The second-order valence-corrected chi connectivity index (χ2v) is 3.42. The minimum atomic E-state index is 0.807. The summed E-state index contributed by atoms with van der Waals surface area (Å²) in [6.45, 7) is 1.90. The number of rotatable bonds is 0. The summed E-state index contributed by atoms with van der Waals surface area (Å²) in [4.78, 5) is 4.36. The van der Waals surface area contributed by atoms with Crippen molar-refractivity contribution >= 4 is 16.8 Å². The van der Waals surface area contributed by atoms with Gasteiger partial charge in [0.2, 0.25) is 5.78 Å². The van der Waals surface area contributed by atoms with Gasteiger partial charge in [0.1, 0.15) is 5.82 Å². The lowest BCUT2D eigenvalue weighted by Crippen LogP contribution is -1.88. The zero-order valence-corrected chi connectivity index (χ0v) is 8.10. The SMILES string of the molecule is Cc1nc2n(C)c3ccccc3n2n1. The molecule has 0 saturated heterocycles. The molecule has 0 spiro atoms. The van der Waals surface area contributed by atoms with Crippen LogP contribution in [0.5, 0.6) is 0 Å². The summed E-state index contributed by atoms with van der Waals surface area (Å²) in [5, 5.41) is 4.35. The Hall–Kier alpha value is -1.84. The molecule has 0 amide bonds. The summed E-state index contributed by atoms with van der Waals surface area (Å²) in [6, 6.07) is 8.16. The van der Waals surface area contributed by atoms with E-state index in [0.29, 0.717) is 0 Å². The molecule has 0 aliphatic rings. The van der Waals surface area contributed by atoms with Gasteiger partial charge in [0.15, 0.2) is 0 Å². The van der Waals surface area contributed by atoms with Crippen LogP contribution in [0.2, 0.25) is 0 Å². The first kappa shape index (κ1) is 7.55. The van der Waals surface area contributed by atoms with Gasteiger partial charge in [0.25, 0.3) is 0 Å². The number of hydrogen-bond acceptors (Lipinski definition) is 2. The minimum absolute atomic E-state index is 0.807. The van der Waals surface area contributed by atoms with Crippen LogP contribution in [-0.2, 0) is 7.05 Å². The number of hydrogen-bond donors (Lipinski definition) is 0. The number of benzene rings is 1. The molecule has 0 bridgehead atoms. The summed E-state index contributed by atoms with van der Waals surface area (Å²) in [6.07, 6.45) is 0. The second-order valence-electron chi connectivity index (χ2n) is 3.42. The molecule has 2 aromatic heterocycles. The van der Waals surface area contributed by atoms with Crippen molar-refractivity contribution in [1.29, 1.82) is 0 Å². The Morgan fingerprint density at radius 2 is 1.86 bits per heavy atom. The van der Waals surface area contributed by atoms with Crippen LogP contribution < -0.4 is 0 Å². The van der Waals surface area contributed by atoms with Crippen LogP contribution in [0, 0.1) is 6.92 Å². The Labute approximate surface area is 80.8 Å². The topological polar surface area (TPSA) is 35.1 Å². The summed E-state index contributed by atoms with van der Waals surface area (Å²) >= 11 is 0. The predicted molar refractivity (Wildman–Crippen MR) is 54.2 cm³/mol. The molecule has 0 radical (unpaired) electrons. The van der Waals surface area contributed by atoms with E-state index in [-0.39, 0.29) is 0 Å². The first-order valence-electron chi connectivity index (χ1n) is 4.54. The van der Waals surface area contributed by atoms with E-state index in [4.69, 9.17) is 0 Å². The lowest BCUT2D eigenvalue weighted by Gasteiger charge is -1.92. The monoisotopic (exact) mass is 186 g/mol. The molecule has 0 saturated carbocycles. The third kappa shape index (κ3) is 0.775. The van der Waals surface area contributed by atoms with Gasteiger partial charge in [0.05, 0.1) is 11.0 Å². The van der Waals surface area contributed by atoms with Crippen LogP contribution in [-0.4, -0.2) is 19.2 Å². The highest BCUT2D eigenvalue weighted by molar-refractivity contribution is 5.79. The molecular formula is C10H10N4. The number of para-hydroxylation sites is 2. The fourth-order valence-corrected chi connectivity index (χ4v) is 1.82. The molecule has 2 heterocycles. The van der Waals surface area contributed by atoms with Gasteiger partial charge in [-0.15, -0.1) is 5.10 Å². The summed E-state index contributed by atoms with van der Waals surface area (Å²) in [5.41, 5.74) is 2.26. The average molecular weight is 186 g/mol. The van der Waals surface area contributed by atoms with Gasteiger partial charge in [-0.2, -0.15) is 9.50 Å². The minimum Gasteiger partial charge on any atom is -0.311 e. The first-order valence-corrected chi connectivity index (χ1v) is 4.54. The number of imidazole rings is 1. The van der Waals surface area contributed by atoms with Crippen LogP contribution in [0.3, 0.4) is 0 Å². The normalized spacial score (nSPS) is 11.6. The number of fused-ring (bicyclic) bond motifs is 3. The third-order valence-electron chi connectivity index (χ3n) is 2.47. The molecule has 0 unspecified atom stereocenters. The molecule has 14 heavy (non-hydrogen) atoms. The van der Waals surface area contributed by atoms with E-state index >= 15 is 0 Å². The highest BCUT2D eigenvalue weighted by Crippen LogP contribution is 2.17. The Morgan fingerprint density at radius 3 is 2.64 bits per heavy atom. The van der Waals surface area contributed by atoms with Gasteiger partial charge >= 0.3 is 0 Å². The van der Waals surface area contributed by atoms with E-state index in [1.807, 2.05) is 30.6 Å². The molecule has 1 aromatic carbocycles. The largest absolute Gasteiger partial charge is 0.311 e. The molecule has 4 heteroatoms. The van der Waals surface area contributed by atoms with Crippen LogP contribution in [0.1, 0.15) is 5.82 Å². The van der Waals surface area contributed by atoms with Crippen molar-refractivity contribution in [2.45, 2.75) is 6.92 Å². The summed E-state index contributed by atoms with van der Waals surface area (Å²) < 4.78 is 3.93. The maximum atomic E-state index is 4.36. The van der Waals surface area contributed by atoms with Crippen LogP contribution in [0.4, 0.5) is 0 Å². The smallest absolute Gasteiger partial charge is 0.233 e. The predicted octanol–water partition coefficient (Wildman–Crippen LogP) is 1.53. The molecule has 0 fully saturated rings. The molecule has 4 nitrogen and oxygen atoms in total. The molecule has 3 aromatic rings. The fourth-order valence-electron chi connectivity index (χ4n) is 1.82. The summed E-state index contributed by atoms with van der Waals surface area (Å²) in [5.74, 6) is 1.70. The van der Waals surface area contributed by atoms with E-state index in [1.165, 1.54) is 0 Å². The van der Waals surface area contributed by atoms with Crippen LogP contribution in [0.15, 0.2) is 24.3 Å². The van der Waals surface area contributed by atoms with Crippen molar-refractivity contribution in [3.05, 3.63) is 30.1 Å². The zero-order chi connectivity index (χ0) is 9.71. The Kier molecular flexibility index (Phi) is 1.27. The van der Waals surface area contributed by atoms with E-state index in [9.17, 15) is 0 Å². The van der Waals surface area contributed by atoms with Crippen molar-refractivity contribution in [3.8, 4) is 0 Å². The lowest BCUT2D eigenvalue weighted by atomic mass is 10.3. The first-order chi connectivity index (χ1) is 6.77. The zero-order valence-electron chi connectivity index (χ0n) is 8.10. The molecule has 0 aliphatic heterocycles. The highest BCUT2D eigenvalue weighted by atomic mass is 15.4. The Bertz CT molecular complexity index is 617. The van der Waals surface area contributed by atoms with Gasteiger partial charge in [-0.3, -0.25) is 0 Å². The van der Waals surface area contributed by atoms with Crippen molar-refractivity contribution < 1.29 is 0 Å². The molecule has 0 atom stereocenters. The van der Waals surface area contributed by atoms with E-state index in [2.05, 4.69) is 26.8 Å². The van der Waals surface area contributed by atoms with Gasteiger partial charge in [-0.1, -0.05) is 12.1 Å². The average Bonchev–Trinajstić information content (AvgIpc) is 2.68. The highest BCUT2D eigenvalue weighted by Gasteiger charge is 2.09. The summed E-state index contributed by atoms with van der Waals surface area (Å²) in [7, 11) is 2.01. The third-order valence-corrected chi connectivity index (χ3v) is 2.47. The van der Waals surface area contributed by atoms with Gasteiger partial charge in [-0.25, -0.2) is 0 Å². The van der Waals surface area contributed by atoms with Crippen LogP contribution in [0.25, 0.3) is 16.8 Å². The van der Waals surface area contributed by atoms with Crippen molar-refractivity contribution in [1.82, 2.24) is 19.2 Å². The van der Waals surface area contributed by atoms with Gasteiger partial charge < -0.3 is 4.57 Å². The molecule has 0 aliphatic carbocycles. The lowest BCUT2D eigenvalue weighted by molar-refractivity contribution is 0.936. The maximum absolute atomic E-state index is 4.36. The second kappa shape index (κ2) is 2.35. The van der Waals surface area contributed by atoms with E-state index < -0.39 is 0 Å². The quantitative estimate of drug-likeness (QED) is 0.533. The van der Waals surface area contributed by atoms with Gasteiger partial charge in [0, 0.05) is 7.05 Å². The standard InChI is InChI=1S/C10H10N4/c1-7-11-10-13(2)8-5-3-4-6-9(8)14(10)12-7/h3-6H,1-2H3. The van der Waals surface area contributed by atoms with Crippen molar-refractivity contribution in [3.63, 3.8) is 0 Å². The molecule has 70 valence electrons. The fraction of sp³-hybridized carbons (Fsp3) is 0.200. The van der Waals surface area contributed by atoms with Crippen molar-refractivity contribution in [2.75, 3.05) is 0 Å². The molecule has 3 rings (SSSR count). The number of nitrogens with zero attached hydrogens (tertiary/aromatic N) is 4. The van der Waals surface area contributed by atoms with Gasteiger partial charge in [-0.05, 0) is 19.1 Å². The van der Waals surface area contributed by atoms with Crippen molar-refractivity contribution in [2.24, 2.45) is 7.05 Å². The molecular weight excluding hydrogens is 176 g/mol.